The Hall–Kier alpha value is -3.30. The van der Waals surface area contributed by atoms with Gasteiger partial charge in [-0.25, -0.2) is 14.3 Å². The smallest absolute Gasteiger partial charge is 0.378 e. The molecule has 1 atom stereocenters. The van der Waals surface area contributed by atoms with E-state index in [4.69, 9.17) is 14.2 Å². The van der Waals surface area contributed by atoms with Gasteiger partial charge in [-0.15, -0.1) is 5.10 Å². The van der Waals surface area contributed by atoms with Crippen LogP contribution in [0.25, 0.3) is 5.78 Å². The van der Waals surface area contributed by atoms with Crippen molar-refractivity contribution < 1.29 is 19.0 Å². The second kappa shape index (κ2) is 8.33. The molecule has 0 spiro atoms. The fourth-order valence-corrected chi connectivity index (χ4v) is 4.17. The van der Waals surface area contributed by atoms with Gasteiger partial charge in [0.1, 0.15) is 12.4 Å². The van der Waals surface area contributed by atoms with E-state index in [0.717, 1.165) is 32.6 Å². The molecule has 162 valence electrons. The minimum Gasteiger partial charge on any atom is -0.460 e. The second-order valence-corrected chi connectivity index (χ2v) is 8.40. The molecule has 0 saturated heterocycles. The summed E-state index contributed by atoms with van der Waals surface area (Å²) in [5, 5.41) is 4.23. The summed E-state index contributed by atoms with van der Waals surface area (Å²) in [6.07, 6.45) is -0.531. The summed E-state index contributed by atoms with van der Waals surface area (Å²) < 4.78 is 19.9. The first-order valence-corrected chi connectivity index (χ1v) is 10.8. The molecule has 4 aromatic rings. The van der Waals surface area contributed by atoms with Crippen LogP contribution in [0.4, 0.5) is 0 Å². The molecular formula is C23H19BrN4O4. The molecule has 32 heavy (non-hydrogen) atoms. The molecule has 0 bridgehead atoms. The number of carbonyl (C=O) groups is 1. The van der Waals surface area contributed by atoms with Crippen LogP contribution in [0.15, 0.2) is 53.0 Å². The number of carbonyl (C=O) groups excluding carboxylic acids is 1. The van der Waals surface area contributed by atoms with Crippen molar-refractivity contribution in [3.05, 3.63) is 86.9 Å². The number of esters is 1. The zero-order valence-corrected chi connectivity index (χ0v) is 19.0. The van der Waals surface area contributed by atoms with E-state index >= 15 is 0 Å². The number of nitrogens with zero attached hydrogens (tertiary/aromatic N) is 4. The predicted octanol–water partition coefficient (Wildman–Crippen LogP) is 4.47. The third-order valence-electron chi connectivity index (χ3n) is 5.05. The third-order valence-corrected chi connectivity index (χ3v) is 5.51. The highest BCUT2D eigenvalue weighted by atomic mass is 79.9. The fraction of sp³-hybridized carbons (Fsp3) is 0.217. The largest absolute Gasteiger partial charge is 0.460 e. The van der Waals surface area contributed by atoms with E-state index < -0.39 is 12.3 Å². The van der Waals surface area contributed by atoms with Crippen molar-refractivity contribution in [3.8, 4) is 5.75 Å². The van der Waals surface area contributed by atoms with E-state index in [0.29, 0.717) is 18.1 Å². The number of rotatable bonds is 4. The Morgan fingerprint density at radius 1 is 1.19 bits per heavy atom. The van der Waals surface area contributed by atoms with Gasteiger partial charge >= 0.3 is 5.97 Å². The van der Waals surface area contributed by atoms with E-state index in [1.807, 2.05) is 62.4 Å². The standard InChI is InChI=1S/C23H19BrN4O4/c1-13-8-14(2)28-23(25-13)26-20(27-28)21(29)30-11-16-9-18(24)10-17-12-31-22(32-19(16)17)15-6-4-3-5-7-15/h3-10,22H,11-12H2,1-2H3. The third kappa shape index (κ3) is 3.96. The van der Waals surface area contributed by atoms with Gasteiger partial charge in [-0.05, 0) is 32.0 Å². The number of hydrogen-bond acceptors (Lipinski definition) is 7. The van der Waals surface area contributed by atoms with Crippen molar-refractivity contribution in [2.24, 2.45) is 0 Å². The molecule has 0 fully saturated rings. The van der Waals surface area contributed by atoms with Gasteiger partial charge in [-0.1, -0.05) is 46.3 Å². The highest BCUT2D eigenvalue weighted by molar-refractivity contribution is 9.10. The van der Waals surface area contributed by atoms with E-state index in [-0.39, 0.29) is 12.4 Å². The molecule has 0 amide bonds. The monoisotopic (exact) mass is 494 g/mol. The van der Waals surface area contributed by atoms with Crippen LogP contribution in [0.5, 0.6) is 5.75 Å². The lowest BCUT2D eigenvalue weighted by molar-refractivity contribution is -0.112. The Balaban J connectivity index is 1.38. The van der Waals surface area contributed by atoms with Crippen LogP contribution in [0, 0.1) is 13.8 Å². The summed E-state index contributed by atoms with van der Waals surface area (Å²) in [6, 6.07) is 15.4. The molecular weight excluding hydrogens is 476 g/mol. The van der Waals surface area contributed by atoms with Gasteiger partial charge in [0.15, 0.2) is 0 Å². The molecule has 9 heteroatoms. The van der Waals surface area contributed by atoms with Gasteiger partial charge < -0.3 is 14.2 Å². The van der Waals surface area contributed by atoms with Crippen molar-refractivity contribution in [1.82, 2.24) is 19.6 Å². The summed E-state index contributed by atoms with van der Waals surface area (Å²) in [5.41, 5.74) is 4.14. The topological polar surface area (TPSA) is 87.8 Å². The van der Waals surface area contributed by atoms with Crippen molar-refractivity contribution in [2.75, 3.05) is 0 Å². The molecule has 3 heterocycles. The van der Waals surface area contributed by atoms with Gasteiger partial charge in [0, 0.05) is 32.6 Å². The molecule has 0 N–H and O–H groups in total. The van der Waals surface area contributed by atoms with Gasteiger partial charge in [-0.2, -0.15) is 4.98 Å². The van der Waals surface area contributed by atoms with Crippen molar-refractivity contribution in [2.45, 2.75) is 33.4 Å². The van der Waals surface area contributed by atoms with E-state index in [2.05, 4.69) is 31.0 Å². The number of hydrogen-bond donors (Lipinski definition) is 0. The van der Waals surface area contributed by atoms with Crippen LogP contribution < -0.4 is 4.74 Å². The molecule has 1 aliphatic heterocycles. The van der Waals surface area contributed by atoms with Crippen LogP contribution >= 0.6 is 15.9 Å². The Bertz CT molecular complexity index is 1320. The van der Waals surface area contributed by atoms with Crippen LogP contribution in [0.3, 0.4) is 0 Å². The summed E-state index contributed by atoms with van der Waals surface area (Å²) >= 11 is 3.50. The second-order valence-electron chi connectivity index (χ2n) is 7.49. The Kier molecular flexibility index (Phi) is 5.36. The normalized spacial score (nSPS) is 15.3. The molecule has 0 aliphatic carbocycles. The molecule has 5 rings (SSSR count). The Labute approximate surface area is 192 Å². The van der Waals surface area contributed by atoms with Gasteiger partial charge in [0.2, 0.25) is 6.29 Å². The average Bonchev–Trinajstić information content (AvgIpc) is 3.22. The van der Waals surface area contributed by atoms with Crippen molar-refractivity contribution >= 4 is 27.7 Å². The summed E-state index contributed by atoms with van der Waals surface area (Å²) in [4.78, 5) is 21.2. The zero-order valence-electron chi connectivity index (χ0n) is 17.4. The lowest BCUT2D eigenvalue weighted by atomic mass is 10.1. The maximum Gasteiger partial charge on any atom is 0.378 e. The SMILES string of the molecule is Cc1cc(C)n2nc(C(=O)OCc3cc(Br)cc4c3OC(c3ccccc3)OC4)nc2n1. The van der Waals surface area contributed by atoms with E-state index in [9.17, 15) is 4.79 Å². The zero-order chi connectivity index (χ0) is 22.2. The minimum absolute atomic E-state index is 0.00308. The molecule has 0 radical (unpaired) electrons. The maximum absolute atomic E-state index is 12.7. The lowest BCUT2D eigenvalue weighted by Gasteiger charge is -2.28. The first kappa shape index (κ1) is 20.6. The van der Waals surface area contributed by atoms with Gasteiger partial charge in [0.25, 0.3) is 11.6 Å². The lowest BCUT2D eigenvalue weighted by Crippen LogP contribution is -2.19. The van der Waals surface area contributed by atoms with Crippen LogP contribution in [0.2, 0.25) is 0 Å². The van der Waals surface area contributed by atoms with Gasteiger partial charge in [-0.3, -0.25) is 0 Å². The van der Waals surface area contributed by atoms with Gasteiger partial charge in [0.05, 0.1) is 6.61 Å². The molecule has 0 saturated carbocycles. The maximum atomic E-state index is 12.7. The summed E-state index contributed by atoms with van der Waals surface area (Å²) in [5.74, 6) is 0.340. The van der Waals surface area contributed by atoms with E-state index in [1.54, 1.807) is 0 Å². The molecule has 2 aromatic heterocycles. The fourth-order valence-electron chi connectivity index (χ4n) is 3.62. The first-order valence-electron chi connectivity index (χ1n) is 10.0. The van der Waals surface area contributed by atoms with Crippen molar-refractivity contribution in [1.29, 1.82) is 0 Å². The highest BCUT2D eigenvalue weighted by Crippen LogP contribution is 2.38. The number of fused-ring (bicyclic) bond motifs is 2. The number of ether oxygens (including phenoxy) is 3. The van der Waals surface area contributed by atoms with Crippen molar-refractivity contribution in [3.63, 3.8) is 0 Å². The number of halogens is 1. The molecule has 2 aromatic carbocycles. The van der Waals surface area contributed by atoms with Crippen LogP contribution in [-0.2, 0) is 22.7 Å². The quantitative estimate of drug-likeness (QED) is 0.386. The molecule has 1 aliphatic rings. The first-order chi connectivity index (χ1) is 15.5. The number of benzene rings is 2. The predicted molar refractivity (Wildman–Crippen MR) is 118 cm³/mol. The minimum atomic E-state index is -0.632. The number of aromatic nitrogens is 4. The summed E-state index contributed by atoms with van der Waals surface area (Å²) in [6.45, 7) is 4.13. The molecule has 8 nitrogen and oxygen atoms in total. The van der Waals surface area contributed by atoms with Crippen LogP contribution in [-0.4, -0.2) is 25.6 Å². The van der Waals surface area contributed by atoms with E-state index in [1.165, 1.54) is 4.52 Å². The average molecular weight is 495 g/mol. The molecule has 1 unspecified atom stereocenters. The summed E-state index contributed by atoms with van der Waals surface area (Å²) in [7, 11) is 0. The Morgan fingerprint density at radius 2 is 2.00 bits per heavy atom. The Morgan fingerprint density at radius 3 is 2.81 bits per heavy atom. The highest BCUT2D eigenvalue weighted by Gasteiger charge is 2.26. The number of aryl methyl sites for hydroxylation is 2. The van der Waals surface area contributed by atoms with Crippen LogP contribution in [0.1, 0.15) is 45.0 Å².